The van der Waals surface area contributed by atoms with Gasteiger partial charge in [-0.15, -0.1) is 0 Å². The molecule has 0 aliphatic carbocycles. The van der Waals surface area contributed by atoms with Crippen molar-refractivity contribution >= 4 is 29.2 Å². The van der Waals surface area contributed by atoms with Crippen molar-refractivity contribution in [2.45, 2.75) is 13.0 Å². The highest BCUT2D eigenvalue weighted by atomic mass is 35.5. The van der Waals surface area contributed by atoms with Crippen LogP contribution in [0.15, 0.2) is 18.2 Å². The van der Waals surface area contributed by atoms with Crippen LogP contribution < -0.4 is 11.1 Å². The van der Waals surface area contributed by atoms with E-state index in [0.29, 0.717) is 5.69 Å². The predicted molar refractivity (Wildman–Crippen MR) is 66.4 cm³/mol. The molecule has 1 aromatic rings. The van der Waals surface area contributed by atoms with Gasteiger partial charge in [-0.3, -0.25) is 4.79 Å². The molecule has 0 bridgehead atoms. The Hall–Kier alpha value is -1.79. The number of aromatic hydroxyl groups is 1. The molecule has 0 aromatic heterocycles. The SMILES string of the molecule is CCOC(=O)C(N)C(=O)Nc1ccc(O)c(Cl)c1. The summed E-state index contributed by atoms with van der Waals surface area (Å²) >= 11 is 5.66. The zero-order valence-corrected chi connectivity index (χ0v) is 10.4. The zero-order chi connectivity index (χ0) is 13.7. The van der Waals surface area contributed by atoms with E-state index in [0.717, 1.165) is 0 Å². The van der Waals surface area contributed by atoms with Gasteiger partial charge < -0.3 is 20.9 Å². The highest BCUT2D eigenvalue weighted by Crippen LogP contribution is 2.25. The normalized spacial score (nSPS) is 11.7. The quantitative estimate of drug-likeness (QED) is 0.429. The van der Waals surface area contributed by atoms with Crippen molar-refractivity contribution in [1.82, 2.24) is 0 Å². The van der Waals surface area contributed by atoms with Crippen molar-refractivity contribution in [3.05, 3.63) is 23.2 Å². The van der Waals surface area contributed by atoms with Crippen LogP contribution in [0, 0.1) is 0 Å². The lowest BCUT2D eigenvalue weighted by Gasteiger charge is -2.11. The number of hydrogen-bond donors (Lipinski definition) is 3. The van der Waals surface area contributed by atoms with Crippen LogP contribution in [0.5, 0.6) is 5.75 Å². The molecule has 0 heterocycles. The number of phenolic OH excluding ortho intramolecular Hbond substituents is 1. The summed E-state index contributed by atoms with van der Waals surface area (Å²) in [6.07, 6.45) is 0. The van der Waals surface area contributed by atoms with E-state index in [1.807, 2.05) is 0 Å². The maximum atomic E-state index is 11.6. The summed E-state index contributed by atoms with van der Waals surface area (Å²) in [7, 11) is 0. The van der Waals surface area contributed by atoms with E-state index in [4.69, 9.17) is 17.3 Å². The fraction of sp³-hybridized carbons (Fsp3) is 0.273. The Kier molecular flexibility index (Phi) is 4.94. The summed E-state index contributed by atoms with van der Waals surface area (Å²) in [6.45, 7) is 1.76. The third kappa shape index (κ3) is 3.61. The number of benzene rings is 1. The fourth-order valence-corrected chi connectivity index (χ4v) is 1.32. The van der Waals surface area contributed by atoms with Gasteiger partial charge in [0.25, 0.3) is 5.91 Å². The Morgan fingerprint density at radius 1 is 1.56 bits per heavy atom. The molecule has 0 saturated heterocycles. The summed E-state index contributed by atoms with van der Waals surface area (Å²) < 4.78 is 4.61. The summed E-state index contributed by atoms with van der Waals surface area (Å²) in [5.41, 5.74) is 5.72. The second kappa shape index (κ2) is 6.23. The van der Waals surface area contributed by atoms with Crippen molar-refractivity contribution in [2.24, 2.45) is 5.73 Å². The molecule has 0 fully saturated rings. The predicted octanol–water partition coefficient (Wildman–Crippen LogP) is 0.875. The first-order chi connectivity index (χ1) is 8.45. The topological polar surface area (TPSA) is 102 Å². The van der Waals surface area contributed by atoms with Crippen molar-refractivity contribution in [3.63, 3.8) is 0 Å². The van der Waals surface area contributed by atoms with Gasteiger partial charge in [-0.1, -0.05) is 11.6 Å². The van der Waals surface area contributed by atoms with Crippen LogP contribution in [0.3, 0.4) is 0 Å². The van der Waals surface area contributed by atoms with Gasteiger partial charge in [0.05, 0.1) is 11.6 Å². The lowest BCUT2D eigenvalue weighted by molar-refractivity contribution is -0.146. The number of nitrogens with one attached hydrogen (secondary N) is 1. The Morgan fingerprint density at radius 3 is 2.78 bits per heavy atom. The molecule has 4 N–H and O–H groups in total. The minimum atomic E-state index is -1.41. The molecule has 0 aliphatic heterocycles. The molecule has 7 heteroatoms. The number of nitrogens with two attached hydrogens (primary N) is 1. The van der Waals surface area contributed by atoms with Gasteiger partial charge in [0.15, 0.2) is 6.04 Å². The molecule has 18 heavy (non-hydrogen) atoms. The van der Waals surface area contributed by atoms with Crippen LogP contribution in [-0.4, -0.2) is 29.6 Å². The molecule has 98 valence electrons. The number of halogens is 1. The van der Waals surface area contributed by atoms with E-state index < -0.39 is 17.9 Å². The van der Waals surface area contributed by atoms with Gasteiger partial charge in [0, 0.05) is 5.69 Å². The number of carbonyl (C=O) groups is 2. The number of ether oxygens (including phenoxy) is 1. The second-order valence-electron chi connectivity index (χ2n) is 3.39. The van der Waals surface area contributed by atoms with Crippen molar-refractivity contribution < 1.29 is 19.4 Å². The second-order valence-corrected chi connectivity index (χ2v) is 3.79. The third-order valence-electron chi connectivity index (χ3n) is 2.04. The number of hydrogen-bond acceptors (Lipinski definition) is 5. The number of carbonyl (C=O) groups excluding carboxylic acids is 2. The van der Waals surface area contributed by atoms with Gasteiger partial charge in [-0.2, -0.15) is 0 Å². The lowest BCUT2D eigenvalue weighted by atomic mass is 10.2. The van der Waals surface area contributed by atoms with Gasteiger partial charge in [0.2, 0.25) is 0 Å². The Balaban J connectivity index is 2.69. The monoisotopic (exact) mass is 272 g/mol. The largest absolute Gasteiger partial charge is 0.506 e. The summed E-state index contributed by atoms with van der Waals surface area (Å²) in [6, 6.07) is 2.68. The highest BCUT2D eigenvalue weighted by molar-refractivity contribution is 6.32. The smallest absolute Gasteiger partial charge is 0.332 e. The molecule has 1 aromatic carbocycles. The minimum Gasteiger partial charge on any atom is -0.506 e. The van der Waals surface area contributed by atoms with Crippen molar-refractivity contribution in [2.75, 3.05) is 11.9 Å². The maximum absolute atomic E-state index is 11.6. The molecule has 0 spiro atoms. The Morgan fingerprint density at radius 2 is 2.22 bits per heavy atom. The molecule has 1 rings (SSSR count). The maximum Gasteiger partial charge on any atom is 0.332 e. The lowest BCUT2D eigenvalue weighted by Crippen LogP contribution is -2.43. The van der Waals surface area contributed by atoms with Gasteiger partial charge in [0.1, 0.15) is 5.75 Å². The van der Waals surface area contributed by atoms with E-state index in [1.165, 1.54) is 18.2 Å². The van der Waals surface area contributed by atoms with Gasteiger partial charge >= 0.3 is 5.97 Å². The third-order valence-corrected chi connectivity index (χ3v) is 2.34. The van der Waals surface area contributed by atoms with Crippen LogP contribution in [0.2, 0.25) is 5.02 Å². The number of rotatable bonds is 4. The molecule has 0 radical (unpaired) electrons. The van der Waals surface area contributed by atoms with Gasteiger partial charge in [-0.05, 0) is 25.1 Å². The van der Waals surface area contributed by atoms with Crippen LogP contribution in [0.4, 0.5) is 5.69 Å². The summed E-state index contributed by atoms with van der Waals surface area (Å²) in [5, 5.41) is 11.7. The van der Waals surface area contributed by atoms with Crippen molar-refractivity contribution in [3.8, 4) is 5.75 Å². The minimum absolute atomic E-state index is 0.0810. The Bertz CT molecular complexity index is 464. The standard InChI is InChI=1S/C11H13ClN2O4/c1-2-18-11(17)9(13)10(16)14-6-3-4-8(15)7(12)5-6/h3-5,9,15H,2,13H2,1H3,(H,14,16). The molecule has 1 unspecified atom stereocenters. The molecule has 0 saturated carbocycles. The average molecular weight is 273 g/mol. The number of anilines is 1. The highest BCUT2D eigenvalue weighted by Gasteiger charge is 2.23. The average Bonchev–Trinajstić information content (AvgIpc) is 2.33. The molecule has 1 atom stereocenters. The molecule has 6 nitrogen and oxygen atoms in total. The van der Waals surface area contributed by atoms with E-state index >= 15 is 0 Å². The van der Waals surface area contributed by atoms with Crippen molar-refractivity contribution in [1.29, 1.82) is 0 Å². The fourth-order valence-electron chi connectivity index (χ4n) is 1.14. The molecular formula is C11H13ClN2O4. The van der Waals surface area contributed by atoms with E-state index in [9.17, 15) is 14.7 Å². The van der Waals surface area contributed by atoms with Crippen LogP contribution in [0.25, 0.3) is 0 Å². The summed E-state index contributed by atoms with van der Waals surface area (Å²) in [5.74, 6) is -1.63. The van der Waals surface area contributed by atoms with Crippen LogP contribution >= 0.6 is 11.6 Å². The van der Waals surface area contributed by atoms with Crippen LogP contribution in [-0.2, 0) is 14.3 Å². The van der Waals surface area contributed by atoms with E-state index in [1.54, 1.807) is 6.92 Å². The number of phenols is 1. The van der Waals surface area contributed by atoms with Crippen LogP contribution in [0.1, 0.15) is 6.92 Å². The molecule has 1 amide bonds. The molecular weight excluding hydrogens is 260 g/mol. The number of amides is 1. The summed E-state index contributed by atoms with van der Waals surface area (Å²) in [4.78, 5) is 22.8. The first-order valence-electron chi connectivity index (χ1n) is 5.17. The van der Waals surface area contributed by atoms with Gasteiger partial charge in [-0.25, -0.2) is 4.79 Å². The molecule has 0 aliphatic rings. The first-order valence-corrected chi connectivity index (χ1v) is 5.55. The first kappa shape index (κ1) is 14.3. The zero-order valence-electron chi connectivity index (χ0n) is 9.64. The Labute approximate surface area is 109 Å². The van der Waals surface area contributed by atoms with E-state index in [2.05, 4.69) is 10.1 Å². The van der Waals surface area contributed by atoms with E-state index in [-0.39, 0.29) is 17.4 Å². The number of esters is 1.